The van der Waals surface area contributed by atoms with Gasteiger partial charge in [-0.15, -0.1) is 0 Å². The summed E-state index contributed by atoms with van der Waals surface area (Å²) < 4.78 is 28.3. The number of nitrogens with zero attached hydrogens (tertiary/aromatic N) is 1. The molecule has 1 aromatic rings. The molecule has 0 bridgehead atoms. The number of rotatable bonds is 5. The summed E-state index contributed by atoms with van der Waals surface area (Å²) in [6, 6.07) is 8.31. The first-order valence-corrected chi connectivity index (χ1v) is 9.88. The van der Waals surface area contributed by atoms with Crippen LogP contribution in [0.3, 0.4) is 0 Å². The Bertz CT molecular complexity index is 656. The van der Waals surface area contributed by atoms with E-state index >= 15 is 0 Å². The van der Waals surface area contributed by atoms with E-state index < -0.39 is 15.6 Å². The SMILES string of the molecule is CO[C@H]1CCN(C(=O)CS(C)(=O)=O)C[C@@H]1Cc1cccc(C)c1. The Kier molecular flexibility index (Phi) is 5.81. The topological polar surface area (TPSA) is 63.7 Å². The highest BCUT2D eigenvalue weighted by Gasteiger charge is 2.32. The van der Waals surface area contributed by atoms with Crippen molar-refractivity contribution in [1.82, 2.24) is 4.90 Å². The second kappa shape index (κ2) is 7.45. The minimum Gasteiger partial charge on any atom is -0.381 e. The number of aryl methyl sites for hydroxylation is 1. The molecule has 1 aliphatic rings. The van der Waals surface area contributed by atoms with Gasteiger partial charge in [0.15, 0.2) is 9.84 Å². The lowest BCUT2D eigenvalue weighted by Crippen LogP contribution is -2.48. The zero-order valence-electron chi connectivity index (χ0n) is 14.0. The van der Waals surface area contributed by atoms with Crippen LogP contribution in [0, 0.1) is 12.8 Å². The lowest BCUT2D eigenvalue weighted by atomic mass is 9.88. The van der Waals surface area contributed by atoms with Crippen molar-refractivity contribution in [1.29, 1.82) is 0 Å². The molecular formula is C17H25NO4S. The Labute approximate surface area is 138 Å². The summed E-state index contributed by atoms with van der Waals surface area (Å²) in [7, 11) is -1.60. The van der Waals surface area contributed by atoms with Gasteiger partial charge in [0.05, 0.1) is 6.10 Å². The van der Waals surface area contributed by atoms with Crippen LogP contribution >= 0.6 is 0 Å². The summed E-state index contributed by atoms with van der Waals surface area (Å²) in [6.45, 7) is 3.15. The summed E-state index contributed by atoms with van der Waals surface area (Å²) >= 11 is 0. The minimum atomic E-state index is -3.30. The number of ether oxygens (including phenoxy) is 1. The molecule has 1 amide bonds. The van der Waals surface area contributed by atoms with E-state index in [1.165, 1.54) is 11.1 Å². The number of carbonyl (C=O) groups is 1. The first kappa shape index (κ1) is 17.9. The fourth-order valence-corrected chi connectivity index (χ4v) is 3.83. The summed E-state index contributed by atoms with van der Waals surface area (Å²) in [5.41, 5.74) is 2.42. The predicted octanol–water partition coefficient (Wildman–Crippen LogP) is 1.45. The fourth-order valence-electron chi connectivity index (χ4n) is 3.20. The van der Waals surface area contributed by atoms with Crippen LogP contribution in [0.2, 0.25) is 0 Å². The van der Waals surface area contributed by atoms with Crippen molar-refractivity contribution in [3.05, 3.63) is 35.4 Å². The maximum Gasteiger partial charge on any atom is 0.237 e. The third-order valence-electron chi connectivity index (χ3n) is 4.29. The van der Waals surface area contributed by atoms with E-state index in [4.69, 9.17) is 4.74 Å². The van der Waals surface area contributed by atoms with E-state index in [9.17, 15) is 13.2 Å². The van der Waals surface area contributed by atoms with E-state index in [2.05, 4.69) is 25.1 Å². The third kappa shape index (κ3) is 5.32. The maximum absolute atomic E-state index is 12.2. The Balaban J connectivity index is 2.07. The van der Waals surface area contributed by atoms with Crippen LogP contribution in [0.15, 0.2) is 24.3 Å². The number of hydrogen-bond donors (Lipinski definition) is 0. The van der Waals surface area contributed by atoms with Crippen LogP contribution in [-0.2, 0) is 25.8 Å². The van der Waals surface area contributed by atoms with Crippen molar-refractivity contribution in [2.45, 2.75) is 25.9 Å². The molecule has 1 heterocycles. The number of methoxy groups -OCH3 is 1. The number of hydrogen-bond acceptors (Lipinski definition) is 4. The molecule has 1 fully saturated rings. The first-order valence-electron chi connectivity index (χ1n) is 7.82. The largest absolute Gasteiger partial charge is 0.381 e. The van der Waals surface area contributed by atoms with Crippen molar-refractivity contribution >= 4 is 15.7 Å². The second-order valence-corrected chi connectivity index (χ2v) is 8.57. The van der Waals surface area contributed by atoms with Gasteiger partial charge in [0.1, 0.15) is 5.75 Å². The standard InChI is InChI=1S/C17H25NO4S/c1-13-5-4-6-14(9-13)10-15-11-18(8-7-16(15)22-2)17(19)12-23(3,20)21/h4-6,9,15-16H,7-8,10-12H2,1-3H3/t15-,16-/m0/s1. The number of amides is 1. The summed E-state index contributed by atoms with van der Waals surface area (Å²) in [4.78, 5) is 13.8. The van der Waals surface area contributed by atoms with Gasteiger partial charge in [0, 0.05) is 32.4 Å². The van der Waals surface area contributed by atoms with Crippen molar-refractivity contribution in [2.24, 2.45) is 5.92 Å². The predicted molar refractivity (Wildman–Crippen MR) is 90.1 cm³/mol. The Hall–Kier alpha value is -1.40. The summed E-state index contributed by atoms with van der Waals surface area (Å²) in [6.07, 6.45) is 2.75. The molecule has 0 saturated carbocycles. The molecule has 2 atom stereocenters. The smallest absolute Gasteiger partial charge is 0.237 e. The molecule has 1 aliphatic heterocycles. The number of benzene rings is 1. The average Bonchev–Trinajstić information content (AvgIpc) is 2.45. The number of carbonyl (C=O) groups excluding carboxylic acids is 1. The Morgan fingerprint density at radius 3 is 2.74 bits per heavy atom. The normalized spacial score (nSPS) is 22.1. The third-order valence-corrected chi connectivity index (χ3v) is 5.06. The van der Waals surface area contributed by atoms with Crippen LogP contribution in [0.25, 0.3) is 0 Å². The molecule has 5 nitrogen and oxygen atoms in total. The molecule has 2 rings (SSSR count). The number of piperidine rings is 1. The van der Waals surface area contributed by atoms with E-state index in [0.717, 1.165) is 19.1 Å². The molecule has 1 aromatic carbocycles. The molecule has 0 radical (unpaired) electrons. The zero-order valence-corrected chi connectivity index (χ0v) is 14.8. The van der Waals surface area contributed by atoms with Crippen molar-refractivity contribution < 1.29 is 17.9 Å². The highest BCUT2D eigenvalue weighted by molar-refractivity contribution is 7.91. The van der Waals surface area contributed by atoms with Crippen LogP contribution in [0.4, 0.5) is 0 Å². The van der Waals surface area contributed by atoms with E-state index in [1.807, 2.05) is 6.07 Å². The van der Waals surface area contributed by atoms with Gasteiger partial charge in [0.25, 0.3) is 0 Å². The molecule has 6 heteroatoms. The van der Waals surface area contributed by atoms with E-state index in [-0.39, 0.29) is 17.9 Å². The van der Waals surface area contributed by atoms with Crippen LogP contribution in [-0.4, -0.2) is 57.5 Å². The van der Waals surface area contributed by atoms with Gasteiger partial charge in [-0.1, -0.05) is 29.8 Å². The lowest BCUT2D eigenvalue weighted by Gasteiger charge is -2.38. The van der Waals surface area contributed by atoms with Gasteiger partial charge in [-0.05, 0) is 25.3 Å². The molecule has 0 unspecified atom stereocenters. The van der Waals surface area contributed by atoms with Gasteiger partial charge in [0.2, 0.25) is 5.91 Å². The second-order valence-electron chi connectivity index (χ2n) is 6.43. The number of likely N-dealkylation sites (tertiary alicyclic amines) is 1. The molecule has 0 spiro atoms. The molecule has 0 N–H and O–H groups in total. The molecule has 0 aliphatic carbocycles. The average molecular weight is 339 g/mol. The van der Waals surface area contributed by atoms with Gasteiger partial charge < -0.3 is 9.64 Å². The van der Waals surface area contributed by atoms with Crippen molar-refractivity contribution in [3.8, 4) is 0 Å². The highest BCUT2D eigenvalue weighted by atomic mass is 32.2. The van der Waals surface area contributed by atoms with E-state index in [0.29, 0.717) is 13.1 Å². The minimum absolute atomic E-state index is 0.0952. The summed E-state index contributed by atoms with van der Waals surface area (Å²) in [5, 5.41) is 0. The van der Waals surface area contributed by atoms with Crippen LogP contribution in [0.5, 0.6) is 0 Å². The van der Waals surface area contributed by atoms with Crippen LogP contribution < -0.4 is 0 Å². The van der Waals surface area contributed by atoms with Crippen molar-refractivity contribution in [2.75, 3.05) is 32.2 Å². The fraction of sp³-hybridized carbons (Fsp3) is 0.588. The maximum atomic E-state index is 12.2. The van der Waals surface area contributed by atoms with Gasteiger partial charge in [-0.2, -0.15) is 0 Å². The monoisotopic (exact) mass is 339 g/mol. The number of sulfone groups is 1. The Morgan fingerprint density at radius 1 is 1.39 bits per heavy atom. The van der Waals surface area contributed by atoms with Gasteiger partial charge in [-0.25, -0.2) is 8.42 Å². The van der Waals surface area contributed by atoms with Gasteiger partial charge in [-0.3, -0.25) is 4.79 Å². The van der Waals surface area contributed by atoms with Crippen molar-refractivity contribution in [3.63, 3.8) is 0 Å². The molecule has 23 heavy (non-hydrogen) atoms. The highest BCUT2D eigenvalue weighted by Crippen LogP contribution is 2.24. The van der Waals surface area contributed by atoms with Crippen LogP contribution in [0.1, 0.15) is 17.5 Å². The van der Waals surface area contributed by atoms with E-state index in [1.54, 1.807) is 12.0 Å². The molecule has 1 saturated heterocycles. The lowest BCUT2D eigenvalue weighted by molar-refractivity contribution is -0.132. The zero-order chi connectivity index (χ0) is 17.0. The Morgan fingerprint density at radius 2 is 2.13 bits per heavy atom. The first-order chi connectivity index (χ1) is 10.8. The van der Waals surface area contributed by atoms with Gasteiger partial charge >= 0.3 is 0 Å². The quantitative estimate of drug-likeness (QED) is 0.814. The molecule has 0 aromatic heterocycles. The molecular weight excluding hydrogens is 314 g/mol. The molecule has 128 valence electrons. The summed E-state index contributed by atoms with van der Waals surface area (Å²) in [5.74, 6) is -0.544.